The van der Waals surface area contributed by atoms with E-state index in [9.17, 15) is 18.0 Å². The first-order valence-corrected chi connectivity index (χ1v) is 13.0. The molecule has 10 nitrogen and oxygen atoms in total. The second-order valence-electron chi connectivity index (χ2n) is 8.82. The van der Waals surface area contributed by atoms with Crippen LogP contribution in [0.15, 0.2) is 63.6 Å². The SMILES string of the molecule is CC(C)(C)c1cc(=O)n2c(n1)SCC(C(=O)Nc1ccc(S(=O)(=O)Nc3ncccn3)cc1)C2. The second kappa shape index (κ2) is 9.18. The molecule has 3 heterocycles. The summed E-state index contributed by atoms with van der Waals surface area (Å²) in [5, 5.41) is 3.41. The van der Waals surface area contributed by atoms with Crippen LogP contribution in [0.5, 0.6) is 0 Å². The minimum absolute atomic E-state index is 0.00683. The maximum Gasteiger partial charge on any atom is 0.264 e. The molecule has 0 saturated heterocycles. The Morgan fingerprint density at radius 1 is 1.15 bits per heavy atom. The van der Waals surface area contributed by atoms with Crippen molar-refractivity contribution in [2.45, 2.75) is 42.8 Å². The number of anilines is 2. The van der Waals surface area contributed by atoms with Gasteiger partial charge in [-0.1, -0.05) is 32.5 Å². The fraction of sp³-hybridized carbons (Fsp3) is 0.318. The van der Waals surface area contributed by atoms with Crippen molar-refractivity contribution in [3.05, 3.63) is 64.8 Å². The molecular weight excluding hydrogens is 476 g/mol. The van der Waals surface area contributed by atoms with E-state index in [1.165, 1.54) is 59.1 Å². The maximum atomic E-state index is 12.8. The van der Waals surface area contributed by atoms with Crippen molar-refractivity contribution in [2.75, 3.05) is 15.8 Å². The van der Waals surface area contributed by atoms with E-state index in [-0.39, 0.29) is 34.3 Å². The average Bonchev–Trinajstić information content (AvgIpc) is 2.79. The number of hydrogen-bond acceptors (Lipinski definition) is 8. The zero-order valence-electron chi connectivity index (χ0n) is 18.8. The molecule has 1 aromatic carbocycles. The van der Waals surface area contributed by atoms with Crippen LogP contribution < -0.4 is 15.6 Å². The van der Waals surface area contributed by atoms with E-state index < -0.39 is 15.9 Å². The number of nitrogens with one attached hydrogen (secondary N) is 2. The highest BCUT2D eigenvalue weighted by Gasteiger charge is 2.29. The predicted octanol–water partition coefficient (Wildman–Crippen LogP) is 2.49. The van der Waals surface area contributed by atoms with Gasteiger partial charge >= 0.3 is 0 Å². The summed E-state index contributed by atoms with van der Waals surface area (Å²) in [7, 11) is -3.87. The molecule has 1 unspecified atom stereocenters. The quantitative estimate of drug-likeness (QED) is 0.510. The maximum absolute atomic E-state index is 12.8. The summed E-state index contributed by atoms with van der Waals surface area (Å²) in [6, 6.07) is 8.88. The molecule has 1 atom stereocenters. The minimum atomic E-state index is -3.87. The van der Waals surface area contributed by atoms with Gasteiger partial charge in [0.1, 0.15) is 0 Å². The van der Waals surface area contributed by atoms with E-state index in [0.717, 1.165) is 5.69 Å². The molecule has 1 amide bonds. The average molecular weight is 501 g/mol. The standard InChI is InChI=1S/C22H24N6O4S2/c1-22(2,3)17-11-18(29)28-12-14(13-33-21(28)26-17)19(30)25-15-5-7-16(8-6-15)34(31,32)27-20-23-9-4-10-24-20/h4-11,14H,12-13H2,1-3H3,(H,25,30)(H,23,24,27). The Kier molecular flexibility index (Phi) is 6.45. The van der Waals surface area contributed by atoms with E-state index in [1.54, 1.807) is 6.07 Å². The van der Waals surface area contributed by atoms with Crippen molar-refractivity contribution < 1.29 is 13.2 Å². The number of carbonyl (C=O) groups excluding carboxylic acids is 1. The Morgan fingerprint density at radius 3 is 2.47 bits per heavy atom. The molecule has 2 aromatic heterocycles. The summed E-state index contributed by atoms with van der Waals surface area (Å²) in [5.41, 5.74) is 0.753. The fourth-order valence-corrected chi connectivity index (χ4v) is 5.30. The third kappa shape index (κ3) is 5.28. The molecule has 0 saturated carbocycles. The Labute approximate surface area is 201 Å². The first-order valence-electron chi connectivity index (χ1n) is 10.5. The van der Waals surface area contributed by atoms with Crippen LogP contribution in [0.1, 0.15) is 26.5 Å². The van der Waals surface area contributed by atoms with Gasteiger partial charge in [-0.15, -0.1) is 0 Å². The molecule has 34 heavy (non-hydrogen) atoms. The lowest BCUT2D eigenvalue weighted by Crippen LogP contribution is -2.37. The van der Waals surface area contributed by atoms with E-state index in [0.29, 0.717) is 16.6 Å². The lowest BCUT2D eigenvalue weighted by Gasteiger charge is -2.26. The van der Waals surface area contributed by atoms with Gasteiger partial charge in [-0.25, -0.2) is 28.1 Å². The number of carbonyl (C=O) groups is 1. The zero-order valence-corrected chi connectivity index (χ0v) is 20.5. The van der Waals surface area contributed by atoms with Crippen LogP contribution in [-0.4, -0.2) is 39.6 Å². The van der Waals surface area contributed by atoms with E-state index in [4.69, 9.17) is 0 Å². The lowest BCUT2D eigenvalue weighted by atomic mass is 9.92. The van der Waals surface area contributed by atoms with Crippen molar-refractivity contribution in [2.24, 2.45) is 5.92 Å². The first kappa shape index (κ1) is 23.9. The number of sulfonamides is 1. The monoisotopic (exact) mass is 500 g/mol. The summed E-state index contributed by atoms with van der Waals surface area (Å²) < 4.78 is 28.8. The predicted molar refractivity (Wildman–Crippen MR) is 129 cm³/mol. The first-order chi connectivity index (χ1) is 16.0. The fourth-order valence-electron chi connectivity index (χ4n) is 3.25. The highest BCUT2D eigenvalue weighted by molar-refractivity contribution is 7.99. The molecule has 4 rings (SSSR count). The van der Waals surface area contributed by atoms with E-state index in [2.05, 4.69) is 25.0 Å². The van der Waals surface area contributed by atoms with Gasteiger partial charge in [-0.3, -0.25) is 14.2 Å². The number of benzene rings is 1. The Bertz CT molecular complexity index is 1370. The zero-order chi connectivity index (χ0) is 24.5. The van der Waals surface area contributed by atoms with Crippen LogP contribution in [0.25, 0.3) is 0 Å². The molecule has 0 aliphatic carbocycles. The van der Waals surface area contributed by atoms with Gasteiger partial charge in [0, 0.05) is 41.9 Å². The van der Waals surface area contributed by atoms with Gasteiger partial charge in [-0.05, 0) is 30.3 Å². The highest BCUT2D eigenvalue weighted by atomic mass is 32.2. The minimum Gasteiger partial charge on any atom is -0.326 e. The van der Waals surface area contributed by atoms with Gasteiger partial charge in [-0.2, -0.15) is 0 Å². The molecule has 0 radical (unpaired) electrons. The van der Waals surface area contributed by atoms with Gasteiger partial charge in [0.25, 0.3) is 15.6 Å². The molecule has 1 aliphatic heterocycles. The van der Waals surface area contributed by atoms with Crippen molar-refractivity contribution >= 4 is 39.3 Å². The van der Waals surface area contributed by atoms with E-state index in [1.807, 2.05) is 20.8 Å². The van der Waals surface area contributed by atoms with Gasteiger partial charge in [0.2, 0.25) is 11.9 Å². The number of thioether (sulfide) groups is 1. The van der Waals surface area contributed by atoms with Crippen LogP contribution in [0, 0.1) is 5.92 Å². The molecule has 2 N–H and O–H groups in total. The molecule has 178 valence electrons. The second-order valence-corrected chi connectivity index (χ2v) is 11.5. The Balaban J connectivity index is 1.43. The summed E-state index contributed by atoms with van der Waals surface area (Å²) in [4.78, 5) is 37.8. The van der Waals surface area contributed by atoms with Crippen LogP contribution in [0.2, 0.25) is 0 Å². The molecular formula is C22H24N6O4S2. The smallest absolute Gasteiger partial charge is 0.264 e. The van der Waals surface area contributed by atoms with Crippen LogP contribution in [0.3, 0.4) is 0 Å². The number of amides is 1. The molecule has 0 fully saturated rings. The Morgan fingerprint density at radius 2 is 1.82 bits per heavy atom. The van der Waals surface area contributed by atoms with Crippen molar-refractivity contribution in [1.82, 2.24) is 19.5 Å². The third-order valence-corrected chi connectivity index (χ3v) is 7.64. The summed E-state index contributed by atoms with van der Waals surface area (Å²) in [5.74, 6) is -0.234. The van der Waals surface area contributed by atoms with E-state index >= 15 is 0 Å². The number of fused-ring (bicyclic) bond motifs is 1. The number of rotatable bonds is 5. The van der Waals surface area contributed by atoms with Crippen LogP contribution >= 0.6 is 11.8 Å². The van der Waals surface area contributed by atoms with Crippen LogP contribution in [0.4, 0.5) is 11.6 Å². The molecule has 0 spiro atoms. The van der Waals surface area contributed by atoms with Gasteiger partial charge in [0.15, 0.2) is 5.16 Å². The molecule has 12 heteroatoms. The third-order valence-electron chi connectivity index (χ3n) is 5.15. The van der Waals surface area contributed by atoms with Crippen molar-refractivity contribution in [3.63, 3.8) is 0 Å². The lowest BCUT2D eigenvalue weighted by molar-refractivity contribution is -0.119. The van der Waals surface area contributed by atoms with Crippen molar-refractivity contribution in [3.8, 4) is 0 Å². The number of aromatic nitrogens is 4. The van der Waals surface area contributed by atoms with Crippen LogP contribution in [-0.2, 0) is 26.8 Å². The number of hydrogen-bond donors (Lipinski definition) is 2. The highest BCUT2D eigenvalue weighted by Crippen LogP contribution is 2.28. The topological polar surface area (TPSA) is 136 Å². The molecule has 1 aliphatic rings. The molecule has 0 bridgehead atoms. The Hall–Kier alpha value is -3.25. The summed E-state index contributed by atoms with van der Waals surface area (Å²) >= 11 is 1.38. The van der Waals surface area contributed by atoms with Gasteiger partial charge in [0.05, 0.1) is 16.5 Å². The normalized spacial score (nSPS) is 15.9. The summed E-state index contributed by atoms with van der Waals surface area (Å²) in [6.07, 6.45) is 2.86. The van der Waals surface area contributed by atoms with Crippen molar-refractivity contribution in [1.29, 1.82) is 0 Å². The van der Waals surface area contributed by atoms with Gasteiger partial charge < -0.3 is 5.32 Å². The summed E-state index contributed by atoms with van der Waals surface area (Å²) in [6.45, 7) is 6.23. The largest absolute Gasteiger partial charge is 0.326 e. The number of nitrogens with zero attached hydrogens (tertiary/aromatic N) is 4. The molecule has 3 aromatic rings.